The van der Waals surface area contributed by atoms with Gasteiger partial charge in [0.1, 0.15) is 18.2 Å². The highest BCUT2D eigenvalue weighted by Crippen LogP contribution is 2.07. The number of rotatable bonds is 4. The van der Waals surface area contributed by atoms with Crippen LogP contribution in [-0.2, 0) is 6.54 Å². The third-order valence-electron chi connectivity index (χ3n) is 2.11. The summed E-state index contributed by atoms with van der Waals surface area (Å²) in [5.41, 5.74) is -0.480. The van der Waals surface area contributed by atoms with Crippen molar-refractivity contribution in [2.45, 2.75) is 25.4 Å². The smallest absolute Gasteiger partial charge is 0.137 e. The average Bonchev–Trinajstić information content (AvgIpc) is 2.67. The van der Waals surface area contributed by atoms with Crippen LogP contribution in [0.5, 0.6) is 0 Å². The summed E-state index contributed by atoms with van der Waals surface area (Å²) in [6.45, 7) is 2.56. The second-order valence-electron chi connectivity index (χ2n) is 3.10. The molecule has 0 aliphatic rings. The minimum atomic E-state index is -0.480. The van der Waals surface area contributed by atoms with Gasteiger partial charge in [0, 0.05) is 6.54 Å². The highest BCUT2D eigenvalue weighted by Gasteiger charge is 2.20. The highest BCUT2D eigenvalue weighted by molar-refractivity contribution is 5.02. The molecule has 1 unspecified atom stereocenters. The average molecular weight is 179 g/mol. The standard InChI is InChI=1S/C8H13N5/c1-8(5-9,10-2)3-4-13-7-11-6-12-13/h6-7,10H,3-4H2,1-2H3. The molecule has 0 saturated carbocycles. The van der Waals surface area contributed by atoms with E-state index in [2.05, 4.69) is 21.5 Å². The van der Waals surface area contributed by atoms with E-state index >= 15 is 0 Å². The van der Waals surface area contributed by atoms with Crippen LogP contribution in [0, 0.1) is 11.3 Å². The second-order valence-corrected chi connectivity index (χ2v) is 3.10. The van der Waals surface area contributed by atoms with Crippen LogP contribution < -0.4 is 5.32 Å². The van der Waals surface area contributed by atoms with Gasteiger partial charge >= 0.3 is 0 Å². The molecule has 0 aliphatic carbocycles. The Bertz CT molecular complexity index is 286. The summed E-state index contributed by atoms with van der Waals surface area (Å²) in [6.07, 6.45) is 3.85. The normalized spacial score (nSPS) is 14.8. The largest absolute Gasteiger partial charge is 0.303 e. The van der Waals surface area contributed by atoms with Crippen LogP contribution in [0.4, 0.5) is 0 Å². The SMILES string of the molecule is CNC(C)(C#N)CCn1cncn1. The molecule has 1 atom stereocenters. The molecule has 0 aliphatic heterocycles. The monoisotopic (exact) mass is 179 g/mol. The number of nitrogens with zero attached hydrogens (tertiary/aromatic N) is 4. The Labute approximate surface area is 77.4 Å². The Kier molecular flexibility index (Phi) is 2.98. The molecule has 1 N–H and O–H groups in total. The summed E-state index contributed by atoms with van der Waals surface area (Å²) in [6, 6.07) is 2.22. The van der Waals surface area contributed by atoms with Gasteiger partial charge in [-0.1, -0.05) is 0 Å². The Balaban J connectivity index is 2.47. The minimum Gasteiger partial charge on any atom is -0.303 e. The van der Waals surface area contributed by atoms with E-state index in [1.54, 1.807) is 18.1 Å². The Morgan fingerprint density at radius 2 is 2.46 bits per heavy atom. The summed E-state index contributed by atoms with van der Waals surface area (Å²) in [4.78, 5) is 3.82. The van der Waals surface area contributed by atoms with Crippen LogP contribution in [0.1, 0.15) is 13.3 Å². The van der Waals surface area contributed by atoms with E-state index in [0.29, 0.717) is 13.0 Å². The van der Waals surface area contributed by atoms with Crippen molar-refractivity contribution in [2.75, 3.05) is 7.05 Å². The van der Waals surface area contributed by atoms with E-state index < -0.39 is 5.54 Å². The maximum atomic E-state index is 8.86. The van der Waals surface area contributed by atoms with Crippen molar-refractivity contribution in [1.82, 2.24) is 20.1 Å². The lowest BCUT2D eigenvalue weighted by Gasteiger charge is -2.19. The number of nitrogens with one attached hydrogen (secondary N) is 1. The van der Waals surface area contributed by atoms with Crippen LogP contribution in [0.15, 0.2) is 12.7 Å². The molecule has 0 aromatic carbocycles. The summed E-state index contributed by atoms with van der Waals surface area (Å²) in [7, 11) is 1.78. The highest BCUT2D eigenvalue weighted by atomic mass is 15.3. The fraction of sp³-hybridized carbons (Fsp3) is 0.625. The van der Waals surface area contributed by atoms with Crippen molar-refractivity contribution in [1.29, 1.82) is 5.26 Å². The molecule has 0 saturated heterocycles. The first-order valence-corrected chi connectivity index (χ1v) is 4.13. The van der Waals surface area contributed by atoms with E-state index in [-0.39, 0.29) is 0 Å². The summed E-state index contributed by atoms with van der Waals surface area (Å²) >= 11 is 0. The zero-order valence-electron chi connectivity index (χ0n) is 7.86. The maximum Gasteiger partial charge on any atom is 0.137 e. The fourth-order valence-corrected chi connectivity index (χ4v) is 0.923. The molecule has 0 radical (unpaired) electrons. The lowest BCUT2D eigenvalue weighted by Crippen LogP contribution is -2.39. The molecule has 5 nitrogen and oxygen atoms in total. The first-order chi connectivity index (χ1) is 6.20. The third-order valence-corrected chi connectivity index (χ3v) is 2.11. The van der Waals surface area contributed by atoms with Gasteiger partial charge in [-0.05, 0) is 20.4 Å². The molecule has 0 bridgehead atoms. The van der Waals surface area contributed by atoms with Crippen molar-refractivity contribution >= 4 is 0 Å². The molecular weight excluding hydrogens is 166 g/mol. The number of aromatic nitrogens is 3. The second kappa shape index (κ2) is 4.01. The van der Waals surface area contributed by atoms with Crippen LogP contribution >= 0.6 is 0 Å². The van der Waals surface area contributed by atoms with Crippen LogP contribution in [-0.4, -0.2) is 27.4 Å². The Morgan fingerprint density at radius 1 is 1.69 bits per heavy atom. The first-order valence-electron chi connectivity index (χ1n) is 4.13. The van der Waals surface area contributed by atoms with Crippen molar-refractivity contribution in [3.8, 4) is 6.07 Å². The molecule has 1 rings (SSSR count). The molecule has 0 amide bonds. The van der Waals surface area contributed by atoms with Crippen molar-refractivity contribution < 1.29 is 0 Å². The molecule has 1 aromatic rings. The Morgan fingerprint density at radius 3 is 2.92 bits per heavy atom. The van der Waals surface area contributed by atoms with Crippen LogP contribution in [0.2, 0.25) is 0 Å². The molecule has 0 spiro atoms. The number of hydrogen-bond acceptors (Lipinski definition) is 4. The molecule has 5 heteroatoms. The van der Waals surface area contributed by atoms with Gasteiger partial charge in [-0.15, -0.1) is 0 Å². The van der Waals surface area contributed by atoms with Gasteiger partial charge in [0.05, 0.1) is 6.07 Å². The molecular formula is C8H13N5. The zero-order valence-corrected chi connectivity index (χ0v) is 7.86. The van der Waals surface area contributed by atoms with Gasteiger partial charge in [-0.2, -0.15) is 10.4 Å². The third kappa shape index (κ3) is 2.53. The lowest BCUT2D eigenvalue weighted by atomic mass is 10.0. The molecule has 13 heavy (non-hydrogen) atoms. The minimum absolute atomic E-state index is 0.480. The summed E-state index contributed by atoms with van der Waals surface area (Å²) in [5.74, 6) is 0. The Hall–Kier alpha value is -1.41. The lowest BCUT2D eigenvalue weighted by molar-refractivity contribution is 0.408. The van der Waals surface area contributed by atoms with Crippen LogP contribution in [0.3, 0.4) is 0 Å². The molecule has 1 aromatic heterocycles. The van der Waals surface area contributed by atoms with E-state index in [9.17, 15) is 0 Å². The van der Waals surface area contributed by atoms with Gasteiger partial charge in [-0.25, -0.2) is 4.98 Å². The van der Waals surface area contributed by atoms with E-state index in [4.69, 9.17) is 5.26 Å². The van der Waals surface area contributed by atoms with Gasteiger partial charge in [0.2, 0.25) is 0 Å². The van der Waals surface area contributed by atoms with E-state index in [1.165, 1.54) is 6.33 Å². The van der Waals surface area contributed by atoms with Crippen LogP contribution in [0.25, 0.3) is 0 Å². The predicted molar refractivity (Wildman–Crippen MR) is 47.7 cm³/mol. The molecule has 70 valence electrons. The number of hydrogen-bond donors (Lipinski definition) is 1. The van der Waals surface area contributed by atoms with E-state index in [0.717, 1.165) is 0 Å². The quantitative estimate of drug-likeness (QED) is 0.715. The zero-order chi connectivity index (χ0) is 9.73. The summed E-state index contributed by atoms with van der Waals surface area (Å²) < 4.78 is 1.72. The molecule has 1 heterocycles. The van der Waals surface area contributed by atoms with Crippen molar-refractivity contribution in [3.05, 3.63) is 12.7 Å². The molecule has 0 fully saturated rings. The van der Waals surface area contributed by atoms with Gasteiger partial charge in [0.25, 0.3) is 0 Å². The maximum absolute atomic E-state index is 8.86. The predicted octanol–water partition coefficient (Wildman–Crippen LogP) is 0.170. The summed E-state index contributed by atoms with van der Waals surface area (Å²) in [5, 5.41) is 15.8. The van der Waals surface area contributed by atoms with Crippen molar-refractivity contribution in [2.24, 2.45) is 0 Å². The van der Waals surface area contributed by atoms with Gasteiger partial charge < -0.3 is 5.32 Å². The van der Waals surface area contributed by atoms with Gasteiger partial charge in [-0.3, -0.25) is 4.68 Å². The first kappa shape index (κ1) is 9.68. The number of aryl methyl sites for hydroxylation is 1. The van der Waals surface area contributed by atoms with E-state index in [1.807, 2.05) is 6.92 Å². The number of nitriles is 1. The topological polar surface area (TPSA) is 66.5 Å². The fourth-order valence-electron chi connectivity index (χ4n) is 0.923. The van der Waals surface area contributed by atoms with Gasteiger partial charge in [0.15, 0.2) is 0 Å². The van der Waals surface area contributed by atoms with Crippen molar-refractivity contribution in [3.63, 3.8) is 0 Å².